The van der Waals surface area contributed by atoms with Gasteiger partial charge in [0.15, 0.2) is 0 Å². The van der Waals surface area contributed by atoms with Crippen LogP contribution in [0.4, 0.5) is 0 Å². The van der Waals surface area contributed by atoms with E-state index in [0.29, 0.717) is 17.8 Å². The number of hydrogen-bond acceptors (Lipinski definition) is 4. The van der Waals surface area contributed by atoms with Crippen LogP contribution in [0.5, 0.6) is 5.75 Å². The summed E-state index contributed by atoms with van der Waals surface area (Å²) in [6.07, 6.45) is 0.430. The molecule has 5 nitrogen and oxygen atoms in total. The van der Waals surface area contributed by atoms with Crippen molar-refractivity contribution in [2.24, 2.45) is 0 Å². The Bertz CT molecular complexity index is 942. The summed E-state index contributed by atoms with van der Waals surface area (Å²) in [5.41, 5.74) is 1.95. The van der Waals surface area contributed by atoms with Crippen LogP contribution in [0.2, 0.25) is 0 Å². The van der Waals surface area contributed by atoms with Gasteiger partial charge in [0.2, 0.25) is 5.91 Å². The number of ether oxygens (including phenoxy) is 1. The minimum absolute atomic E-state index is 0.137. The number of benzene rings is 2. The summed E-state index contributed by atoms with van der Waals surface area (Å²) in [5.74, 6) is 0.376. The largest absolute Gasteiger partial charge is 0.497 e. The number of thiophene rings is 1. The van der Waals surface area contributed by atoms with E-state index in [-0.39, 0.29) is 11.8 Å². The molecule has 0 aliphatic rings. The van der Waals surface area contributed by atoms with Gasteiger partial charge in [0.1, 0.15) is 11.8 Å². The summed E-state index contributed by atoms with van der Waals surface area (Å²) in [6, 6.07) is 20.2. The average Bonchev–Trinajstić information content (AvgIpc) is 3.28. The molecule has 0 bridgehead atoms. The molecule has 0 radical (unpaired) electrons. The van der Waals surface area contributed by atoms with E-state index in [0.717, 1.165) is 16.9 Å². The Kier molecular flexibility index (Phi) is 7.03. The summed E-state index contributed by atoms with van der Waals surface area (Å²) in [4.78, 5) is 28.0. The van der Waals surface area contributed by atoms with E-state index in [1.807, 2.05) is 66.0 Å². The first kappa shape index (κ1) is 20.6. The molecule has 3 aromatic rings. The van der Waals surface area contributed by atoms with Crippen LogP contribution in [0.1, 0.15) is 20.8 Å². The van der Waals surface area contributed by atoms with Crippen LogP contribution in [0.15, 0.2) is 72.1 Å². The molecule has 0 aliphatic carbocycles. The van der Waals surface area contributed by atoms with E-state index in [1.54, 1.807) is 25.1 Å². The first-order chi connectivity index (χ1) is 14.1. The number of nitrogens with one attached hydrogen (secondary N) is 1. The van der Waals surface area contributed by atoms with Crippen molar-refractivity contribution < 1.29 is 14.3 Å². The number of amides is 2. The predicted molar refractivity (Wildman–Crippen MR) is 115 cm³/mol. The number of carbonyl (C=O) groups is 2. The molecular weight excluding hydrogens is 384 g/mol. The van der Waals surface area contributed by atoms with E-state index in [2.05, 4.69) is 5.32 Å². The van der Waals surface area contributed by atoms with Crippen LogP contribution in [-0.2, 0) is 17.8 Å². The van der Waals surface area contributed by atoms with Gasteiger partial charge in [0, 0.05) is 20.0 Å². The molecule has 0 aliphatic heterocycles. The summed E-state index contributed by atoms with van der Waals surface area (Å²) >= 11 is 1.36. The second-order valence-corrected chi connectivity index (χ2v) is 7.69. The lowest BCUT2D eigenvalue weighted by Crippen LogP contribution is -2.48. The molecule has 29 heavy (non-hydrogen) atoms. The van der Waals surface area contributed by atoms with Gasteiger partial charge < -0.3 is 15.0 Å². The Morgan fingerprint density at radius 3 is 2.48 bits per heavy atom. The van der Waals surface area contributed by atoms with Crippen molar-refractivity contribution in [3.05, 3.63) is 88.1 Å². The van der Waals surface area contributed by atoms with Crippen molar-refractivity contribution >= 4 is 23.2 Å². The van der Waals surface area contributed by atoms with Gasteiger partial charge in [-0.05, 0) is 34.7 Å². The average molecular weight is 409 g/mol. The van der Waals surface area contributed by atoms with Gasteiger partial charge in [0.25, 0.3) is 5.91 Å². The van der Waals surface area contributed by atoms with Gasteiger partial charge in [-0.15, -0.1) is 11.3 Å². The fourth-order valence-electron chi connectivity index (χ4n) is 3.08. The molecule has 0 unspecified atom stereocenters. The van der Waals surface area contributed by atoms with Crippen LogP contribution in [0.25, 0.3) is 0 Å². The lowest BCUT2D eigenvalue weighted by molar-refractivity contribution is -0.132. The van der Waals surface area contributed by atoms with E-state index >= 15 is 0 Å². The number of rotatable bonds is 8. The molecular formula is C23H24N2O3S. The van der Waals surface area contributed by atoms with Crippen molar-refractivity contribution in [2.45, 2.75) is 19.0 Å². The normalized spacial score (nSPS) is 11.5. The van der Waals surface area contributed by atoms with E-state index < -0.39 is 6.04 Å². The maximum absolute atomic E-state index is 13.2. The quantitative estimate of drug-likeness (QED) is 0.617. The zero-order valence-corrected chi connectivity index (χ0v) is 17.3. The van der Waals surface area contributed by atoms with Crippen molar-refractivity contribution in [3.8, 4) is 5.75 Å². The lowest BCUT2D eigenvalue weighted by Gasteiger charge is -2.25. The topological polar surface area (TPSA) is 58.6 Å². The summed E-state index contributed by atoms with van der Waals surface area (Å²) in [6.45, 7) is 0.427. The molecule has 150 valence electrons. The molecule has 1 aromatic heterocycles. The molecule has 1 N–H and O–H groups in total. The summed E-state index contributed by atoms with van der Waals surface area (Å²) in [5, 5.41) is 4.76. The fraction of sp³-hybridized carbons (Fsp3) is 0.217. The highest BCUT2D eigenvalue weighted by Gasteiger charge is 2.25. The molecule has 1 atom stereocenters. The highest BCUT2D eigenvalue weighted by molar-refractivity contribution is 7.12. The maximum Gasteiger partial charge on any atom is 0.262 e. The molecule has 6 heteroatoms. The second kappa shape index (κ2) is 9.89. The molecule has 0 spiro atoms. The monoisotopic (exact) mass is 408 g/mol. The fourth-order valence-corrected chi connectivity index (χ4v) is 3.70. The number of carbonyl (C=O) groups excluding carboxylic acids is 2. The van der Waals surface area contributed by atoms with Crippen molar-refractivity contribution in [2.75, 3.05) is 14.2 Å². The second-order valence-electron chi connectivity index (χ2n) is 6.74. The van der Waals surface area contributed by atoms with E-state index in [1.165, 1.54) is 11.3 Å². The molecule has 0 saturated carbocycles. The molecule has 3 rings (SSSR count). The number of methoxy groups -OCH3 is 1. The van der Waals surface area contributed by atoms with Gasteiger partial charge in [-0.3, -0.25) is 9.59 Å². The minimum Gasteiger partial charge on any atom is -0.497 e. The van der Waals surface area contributed by atoms with Gasteiger partial charge in [0.05, 0.1) is 12.0 Å². The predicted octanol–water partition coefficient (Wildman–Crippen LogP) is 3.76. The summed E-state index contributed by atoms with van der Waals surface area (Å²) < 4.78 is 5.26. The van der Waals surface area contributed by atoms with Gasteiger partial charge in [-0.1, -0.05) is 48.5 Å². The van der Waals surface area contributed by atoms with Gasteiger partial charge in [-0.25, -0.2) is 0 Å². The zero-order chi connectivity index (χ0) is 20.6. The van der Waals surface area contributed by atoms with E-state index in [9.17, 15) is 9.59 Å². The zero-order valence-electron chi connectivity index (χ0n) is 16.5. The maximum atomic E-state index is 13.2. The van der Waals surface area contributed by atoms with E-state index in [4.69, 9.17) is 4.74 Å². The number of nitrogens with zero attached hydrogens (tertiary/aromatic N) is 1. The van der Waals surface area contributed by atoms with Crippen LogP contribution < -0.4 is 10.1 Å². The highest BCUT2D eigenvalue weighted by atomic mass is 32.1. The Morgan fingerprint density at radius 1 is 1.03 bits per heavy atom. The molecule has 2 aromatic carbocycles. The number of likely N-dealkylation sites (N-methyl/N-ethyl adjacent to an activating group) is 1. The Hall–Kier alpha value is -3.12. The molecule has 0 saturated heterocycles. The summed E-state index contributed by atoms with van der Waals surface area (Å²) in [7, 11) is 3.36. The first-order valence-electron chi connectivity index (χ1n) is 9.33. The molecule has 1 heterocycles. The smallest absolute Gasteiger partial charge is 0.262 e. The van der Waals surface area contributed by atoms with Crippen LogP contribution in [-0.4, -0.2) is 36.9 Å². The van der Waals surface area contributed by atoms with Crippen LogP contribution in [0, 0.1) is 0 Å². The third-order valence-corrected chi connectivity index (χ3v) is 5.43. The lowest BCUT2D eigenvalue weighted by atomic mass is 10.0. The van der Waals surface area contributed by atoms with Gasteiger partial charge in [-0.2, -0.15) is 0 Å². The molecule has 0 fully saturated rings. The molecule has 2 amide bonds. The van der Waals surface area contributed by atoms with Crippen LogP contribution in [0.3, 0.4) is 0 Å². The SMILES string of the molecule is COc1cccc(CN(C)C(=O)[C@H](Cc2ccccc2)NC(=O)c2cccs2)c1. The highest BCUT2D eigenvalue weighted by Crippen LogP contribution is 2.15. The standard InChI is InChI=1S/C23H24N2O3S/c1-25(16-18-10-6-11-19(14-18)28-2)23(27)20(15-17-8-4-3-5-9-17)24-22(26)21-12-7-13-29-21/h3-14,20H,15-16H2,1-2H3,(H,24,26)/t20-/m0/s1. The van der Waals surface area contributed by atoms with Crippen molar-refractivity contribution in [1.82, 2.24) is 10.2 Å². The Balaban J connectivity index is 1.75. The van der Waals surface area contributed by atoms with Gasteiger partial charge >= 0.3 is 0 Å². The number of hydrogen-bond donors (Lipinski definition) is 1. The van der Waals surface area contributed by atoms with Crippen molar-refractivity contribution in [3.63, 3.8) is 0 Å². The Morgan fingerprint density at radius 2 is 1.79 bits per heavy atom. The first-order valence-corrected chi connectivity index (χ1v) is 10.2. The minimum atomic E-state index is -0.650. The third-order valence-electron chi connectivity index (χ3n) is 4.56. The third kappa shape index (κ3) is 5.68. The van der Waals surface area contributed by atoms with Crippen LogP contribution >= 0.6 is 11.3 Å². The Labute approximate surface area is 174 Å². The van der Waals surface area contributed by atoms with Crippen molar-refractivity contribution in [1.29, 1.82) is 0 Å².